The Bertz CT molecular complexity index is 534. The Morgan fingerprint density at radius 2 is 2.06 bits per heavy atom. The van der Waals surface area contributed by atoms with Gasteiger partial charge in [-0.15, -0.1) is 0 Å². The van der Waals surface area contributed by atoms with Crippen LogP contribution in [0.25, 0.3) is 0 Å². The zero-order valence-corrected chi connectivity index (χ0v) is 9.31. The highest BCUT2D eigenvalue weighted by molar-refractivity contribution is 5.42. The zero-order valence-electron chi connectivity index (χ0n) is 9.31. The molecule has 2 nitrogen and oxygen atoms in total. The topological polar surface area (TPSA) is 13.1 Å². The number of nitrogens with zero attached hydrogens (tertiary/aromatic N) is 1. The van der Waals surface area contributed by atoms with Gasteiger partial charge in [0.15, 0.2) is 18.4 Å². The average Bonchev–Trinajstić information content (AvgIpc) is 2.35. The van der Waals surface area contributed by atoms with Crippen molar-refractivity contribution in [2.24, 2.45) is 0 Å². The fraction of sp³-hybridized carbons (Fsp3) is 0.214. The molecule has 3 rings (SSSR count). The Hall–Kier alpha value is -1.83. The maximum absolute atomic E-state index is 5.42. The van der Waals surface area contributed by atoms with Crippen LogP contribution in [0.15, 0.2) is 42.6 Å². The third-order valence-corrected chi connectivity index (χ3v) is 3.18. The summed E-state index contributed by atoms with van der Waals surface area (Å²) in [7, 11) is 1.74. The van der Waals surface area contributed by atoms with E-state index in [0.717, 1.165) is 18.7 Å². The van der Waals surface area contributed by atoms with Gasteiger partial charge in [-0.2, -0.15) is 4.57 Å². The molecule has 0 spiro atoms. The summed E-state index contributed by atoms with van der Waals surface area (Å²) in [5.41, 5.74) is 4.04. The van der Waals surface area contributed by atoms with Gasteiger partial charge in [0.25, 0.3) is 0 Å². The minimum absolute atomic E-state index is 0.947. The van der Waals surface area contributed by atoms with E-state index in [2.05, 4.69) is 41.1 Å². The molecule has 16 heavy (non-hydrogen) atoms. The zero-order chi connectivity index (χ0) is 11.0. The Morgan fingerprint density at radius 1 is 1.12 bits per heavy atom. The van der Waals surface area contributed by atoms with Crippen molar-refractivity contribution in [3.63, 3.8) is 0 Å². The molecular weight excluding hydrogens is 198 g/mol. The van der Waals surface area contributed by atoms with Crippen LogP contribution in [0, 0.1) is 0 Å². The summed E-state index contributed by atoms with van der Waals surface area (Å²) in [5.74, 6) is 1.01. The van der Waals surface area contributed by atoms with E-state index in [-0.39, 0.29) is 0 Å². The average molecular weight is 212 g/mol. The highest BCUT2D eigenvalue weighted by Crippen LogP contribution is 2.26. The summed E-state index contributed by atoms with van der Waals surface area (Å²) in [5, 5.41) is 0. The van der Waals surface area contributed by atoms with Crippen molar-refractivity contribution in [2.45, 2.75) is 13.0 Å². The standard InChI is InChI=1S/C14H14NO/c1-16-14-7-4-5-11-10-15-8-3-2-6-12(15)9-13(11)14/h2-8H,9-10H2,1H3/q+1. The molecule has 0 aliphatic carbocycles. The first-order valence-corrected chi connectivity index (χ1v) is 5.50. The lowest BCUT2D eigenvalue weighted by molar-refractivity contribution is -0.697. The number of hydrogen-bond donors (Lipinski definition) is 0. The Kier molecular flexibility index (Phi) is 2.13. The molecular formula is C14H14NO+. The van der Waals surface area contributed by atoms with Crippen molar-refractivity contribution < 1.29 is 9.30 Å². The number of hydrogen-bond acceptors (Lipinski definition) is 1. The Morgan fingerprint density at radius 3 is 2.94 bits per heavy atom. The van der Waals surface area contributed by atoms with E-state index in [1.807, 2.05) is 6.07 Å². The summed E-state index contributed by atoms with van der Waals surface area (Å²) in [4.78, 5) is 0. The second-order valence-corrected chi connectivity index (χ2v) is 4.09. The van der Waals surface area contributed by atoms with Gasteiger partial charge in [-0.3, -0.25) is 0 Å². The van der Waals surface area contributed by atoms with Crippen LogP contribution in [0.3, 0.4) is 0 Å². The lowest BCUT2D eigenvalue weighted by Crippen LogP contribution is -2.41. The van der Waals surface area contributed by atoms with Gasteiger partial charge in [0.1, 0.15) is 5.75 Å². The molecule has 0 unspecified atom stereocenters. The monoisotopic (exact) mass is 212 g/mol. The minimum Gasteiger partial charge on any atom is -0.496 e. The molecule has 0 bridgehead atoms. The molecule has 2 heterocycles. The molecule has 1 aromatic carbocycles. The maximum Gasteiger partial charge on any atom is 0.186 e. The van der Waals surface area contributed by atoms with Gasteiger partial charge < -0.3 is 4.74 Å². The SMILES string of the molecule is COc1cccc2c1Cc1cccc[n+]1C2. The predicted octanol–water partition coefficient (Wildman–Crippen LogP) is 1.94. The van der Waals surface area contributed by atoms with Gasteiger partial charge in [0.05, 0.1) is 13.5 Å². The van der Waals surface area contributed by atoms with Crippen molar-refractivity contribution >= 4 is 0 Å². The van der Waals surface area contributed by atoms with E-state index in [0.29, 0.717) is 0 Å². The number of aromatic nitrogens is 1. The summed E-state index contributed by atoms with van der Waals surface area (Å²) in [6, 6.07) is 12.6. The lowest BCUT2D eigenvalue weighted by Gasteiger charge is -2.16. The van der Waals surface area contributed by atoms with Gasteiger partial charge in [-0.05, 0) is 6.07 Å². The first kappa shape index (κ1) is 9.40. The molecule has 1 aliphatic rings. The second kappa shape index (κ2) is 3.63. The maximum atomic E-state index is 5.42. The largest absolute Gasteiger partial charge is 0.496 e. The first-order valence-electron chi connectivity index (χ1n) is 5.50. The molecule has 0 radical (unpaired) electrons. The van der Waals surface area contributed by atoms with Crippen LogP contribution in [0.2, 0.25) is 0 Å². The molecule has 1 aromatic heterocycles. The van der Waals surface area contributed by atoms with E-state index < -0.39 is 0 Å². The van der Waals surface area contributed by atoms with Crippen molar-refractivity contribution in [3.8, 4) is 5.75 Å². The van der Waals surface area contributed by atoms with Gasteiger partial charge in [0.2, 0.25) is 0 Å². The quantitative estimate of drug-likeness (QED) is 0.562. The molecule has 1 aliphatic heterocycles. The van der Waals surface area contributed by atoms with Crippen LogP contribution in [0.1, 0.15) is 16.8 Å². The van der Waals surface area contributed by atoms with Crippen LogP contribution < -0.4 is 9.30 Å². The number of benzene rings is 1. The first-order chi connectivity index (χ1) is 7.88. The third kappa shape index (κ3) is 1.38. The van der Waals surface area contributed by atoms with Crippen LogP contribution in [-0.2, 0) is 13.0 Å². The van der Waals surface area contributed by atoms with E-state index in [1.54, 1.807) is 7.11 Å². The molecule has 0 atom stereocenters. The third-order valence-electron chi connectivity index (χ3n) is 3.18. The van der Waals surface area contributed by atoms with Crippen LogP contribution in [0.5, 0.6) is 5.75 Å². The van der Waals surface area contributed by atoms with Crippen molar-refractivity contribution in [1.82, 2.24) is 0 Å². The molecule has 0 saturated carbocycles. The van der Waals surface area contributed by atoms with E-state index >= 15 is 0 Å². The van der Waals surface area contributed by atoms with Gasteiger partial charge in [-0.25, -0.2) is 0 Å². The number of fused-ring (bicyclic) bond motifs is 2. The number of rotatable bonds is 1. The fourth-order valence-electron chi connectivity index (χ4n) is 2.34. The van der Waals surface area contributed by atoms with Crippen molar-refractivity contribution in [3.05, 3.63) is 59.4 Å². The van der Waals surface area contributed by atoms with Gasteiger partial charge in [-0.1, -0.05) is 18.2 Å². The fourth-order valence-corrected chi connectivity index (χ4v) is 2.34. The molecule has 0 saturated heterocycles. The van der Waals surface area contributed by atoms with Crippen molar-refractivity contribution in [1.29, 1.82) is 0 Å². The van der Waals surface area contributed by atoms with E-state index in [4.69, 9.17) is 4.74 Å². The molecule has 0 fully saturated rings. The minimum atomic E-state index is 0.947. The van der Waals surface area contributed by atoms with Crippen LogP contribution in [0.4, 0.5) is 0 Å². The Balaban J connectivity index is 2.12. The van der Waals surface area contributed by atoms with E-state index in [1.165, 1.54) is 16.8 Å². The van der Waals surface area contributed by atoms with E-state index in [9.17, 15) is 0 Å². The number of pyridine rings is 1. The summed E-state index contributed by atoms with van der Waals surface area (Å²) in [6.07, 6.45) is 3.10. The van der Waals surface area contributed by atoms with Gasteiger partial charge in [0, 0.05) is 23.3 Å². The molecule has 2 aromatic rings. The van der Waals surface area contributed by atoms with Crippen LogP contribution in [-0.4, -0.2) is 7.11 Å². The summed E-state index contributed by atoms with van der Waals surface area (Å²) >= 11 is 0. The van der Waals surface area contributed by atoms with Gasteiger partial charge >= 0.3 is 0 Å². The molecule has 0 N–H and O–H groups in total. The number of ether oxygens (including phenoxy) is 1. The predicted molar refractivity (Wildman–Crippen MR) is 61.5 cm³/mol. The summed E-state index contributed by atoms with van der Waals surface area (Å²) < 4.78 is 7.71. The second-order valence-electron chi connectivity index (χ2n) is 4.09. The smallest absolute Gasteiger partial charge is 0.186 e. The Labute approximate surface area is 95.1 Å². The lowest BCUT2D eigenvalue weighted by atomic mass is 9.97. The number of methoxy groups -OCH3 is 1. The van der Waals surface area contributed by atoms with Crippen LogP contribution >= 0.6 is 0 Å². The summed E-state index contributed by atoms with van der Waals surface area (Å²) in [6.45, 7) is 0.947. The molecule has 0 amide bonds. The normalized spacial score (nSPS) is 12.8. The molecule has 2 heteroatoms. The highest BCUT2D eigenvalue weighted by atomic mass is 16.5. The molecule has 80 valence electrons. The van der Waals surface area contributed by atoms with Crippen molar-refractivity contribution in [2.75, 3.05) is 7.11 Å². The highest BCUT2D eigenvalue weighted by Gasteiger charge is 2.23.